The van der Waals surface area contributed by atoms with Crippen molar-refractivity contribution < 1.29 is 0 Å². The summed E-state index contributed by atoms with van der Waals surface area (Å²) in [5, 5.41) is 0.538. The molecule has 32 heavy (non-hydrogen) atoms. The molecule has 0 aliphatic carbocycles. The van der Waals surface area contributed by atoms with Crippen molar-refractivity contribution in [3.8, 4) is 5.69 Å². The average Bonchev–Trinajstić information content (AvgIpc) is 3.12. The highest BCUT2D eigenvalue weighted by molar-refractivity contribution is 6.05. The van der Waals surface area contributed by atoms with E-state index in [2.05, 4.69) is 26.0 Å². The van der Waals surface area contributed by atoms with Gasteiger partial charge in [0, 0.05) is 12.2 Å². The number of rotatable bonds is 7. The molecule has 0 saturated heterocycles. The Bertz CT molecular complexity index is 1480. The van der Waals surface area contributed by atoms with Gasteiger partial charge in [0.2, 0.25) is 0 Å². The summed E-state index contributed by atoms with van der Waals surface area (Å²) in [5.74, 6) is 0. The van der Waals surface area contributed by atoms with Gasteiger partial charge in [-0.25, -0.2) is 15.0 Å². The van der Waals surface area contributed by atoms with E-state index in [1.54, 1.807) is 10.9 Å². The molecule has 6 nitrogen and oxygen atoms in total. The lowest BCUT2D eigenvalue weighted by Gasteiger charge is -2.08. The molecule has 0 aliphatic heterocycles. The SMILES string of the molecule is CCCCCCCn1cnc2c(c1=O)c1nc3ccccc3nc1n2-c1cccc(C)c1. The van der Waals surface area contributed by atoms with Crippen molar-refractivity contribution in [3.05, 3.63) is 70.8 Å². The summed E-state index contributed by atoms with van der Waals surface area (Å²) in [4.78, 5) is 28.0. The first-order valence-corrected chi connectivity index (χ1v) is 11.4. The van der Waals surface area contributed by atoms with Crippen molar-refractivity contribution >= 4 is 33.2 Å². The summed E-state index contributed by atoms with van der Waals surface area (Å²) < 4.78 is 3.69. The largest absolute Gasteiger partial charge is 0.299 e. The van der Waals surface area contributed by atoms with Crippen molar-refractivity contribution in [1.82, 2.24) is 24.1 Å². The summed E-state index contributed by atoms with van der Waals surface area (Å²) in [5.41, 5.74) is 5.46. The highest BCUT2D eigenvalue weighted by atomic mass is 16.1. The minimum atomic E-state index is -0.0496. The molecule has 3 aromatic heterocycles. The van der Waals surface area contributed by atoms with E-state index in [1.165, 1.54) is 19.3 Å². The molecular formula is C26H27N5O. The average molecular weight is 426 g/mol. The number of para-hydroxylation sites is 2. The lowest BCUT2D eigenvalue weighted by molar-refractivity contribution is 0.556. The van der Waals surface area contributed by atoms with Crippen LogP contribution in [0.2, 0.25) is 0 Å². The summed E-state index contributed by atoms with van der Waals surface area (Å²) in [6, 6.07) is 15.9. The summed E-state index contributed by atoms with van der Waals surface area (Å²) in [6.45, 7) is 4.93. The maximum atomic E-state index is 13.6. The fourth-order valence-electron chi connectivity index (χ4n) is 4.33. The highest BCUT2D eigenvalue weighted by Gasteiger charge is 2.20. The first-order valence-electron chi connectivity index (χ1n) is 11.4. The van der Waals surface area contributed by atoms with Crippen LogP contribution >= 0.6 is 0 Å². The van der Waals surface area contributed by atoms with Crippen molar-refractivity contribution in [2.75, 3.05) is 0 Å². The molecule has 0 unspecified atom stereocenters. The van der Waals surface area contributed by atoms with Crippen LogP contribution in [0, 0.1) is 6.92 Å². The van der Waals surface area contributed by atoms with Crippen LogP contribution in [0.4, 0.5) is 0 Å². The van der Waals surface area contributed by atoms with Crippen LogP contribution < -0.4 is 5.56 Å². The molecule has 0 bridgehead atoms. The monoisotopic (exact) mass is 425 g/mol. The summed E-state index contributed by atoms with van der Waals surface area (Å²) in [6.07, 6.45) is 7.41. The number of hydrogen-bond donors (Lipinski definition) is 0. The van der Waals surface area contributed by atoms with Gasteiger partial charge in [0.25, 0.3) is 5.56 Å². The van der Waals surface area contributed by atoms with Gasteiger partial charge in [-0.3, -0.25) is 13.9 Å². The molecule has 0 saturated carbocycles. The minimum absolute atomic E-state index is 0.0496. The van der Waals surface area contributed by atoms with Gasteiger partial charge >= 0.3 is 0 Å². The van der Waals surface area contributed by atoms with Crippen LogP contribution in [-0.2, 0) is 6.54 Å². The fourth-order valence-corrected chi connectivity index (χ4v) is 4.33. The van der Waals surface area contributed by atoms with Crippen LogP contribution in [0.3, 0.4) is 0 Å². The Kier molecular flexibility index (Phi) is 5.43. The van der Waals surface area contributed by atoms with Crippen LogP contribution in [0.15, 0.2) is 59.7 Å². The summed E-state index contributed by atoms with van der Waals surface area (Å²) in [7, 11) is 0. The lowest BCUT2D eigenvalue weighted by atomic mass is 10.1. The first-order chi connectivity index (χ1) is 15.7. The molecule has 0 N–H and O–H groups in total. The topological polar surface area (TPSA) is 65.6 Å². The Balaban J connectivity index is 1.73. The van der Waals surface area contributed by atoms with Crippen molar-refractivity contribution in [3.63, 3.8) is 0 Å². The molecule has 0 radical (unpaired) electrons. The van der Waals surface area contributed by atoms with Crippen molar-refractivity contribution in [2.45, 2.75) is 52.5 Å². The number of aryl methyl sites for hydroxylation is 2. The lowest BCUT2D eigenvalue weighted by Crippen LogP contribution is -2.20. The maximum absolute atomic E-state index is 13.6. The van der Waals surface area contributed by atoms with Crippen LogP contribution in [0.5, 0.6) is 0 Å². The first kappa shape index (κ1) is 20.4. The van der Waals surface area contributed by atoms with Crippen LogP contribution in [-0.4, -0.2) is 24.1 Å². The molecule has 2 aromatic carbocycles. The molecule has 0 fully saturated rings. The second-order valence-electron chi connectivity index (χ2n) is 8.41. The van der Waals surface area contributed by atoms with Gasteiger partial charge in [0.15, 0.2) is 11.3 Å². The highest BCUT2D eigenvalue weighted by Crippen LogP contribution is 2.28. The molecule has 0 aliphatic rings. The molecular weight excluding hydrogens is 398 g/mol. The van der Waals surface area contributed by atoms with E-state index in [0.717, 1.165) is 35.1 Å². The zero-order chi connectivity index (χ0) is 22.1. The van der Waals surface area contributed by atoms with Crippen molar-refractivity contribution in [1.29, 1.82) is 0 Å². The predicted molar refractivity (Wildman–Crippen MR) is 129 cm³/mol. The van der Waals surface area contributed by atoms with Crippen LogP contribution in [0.1, 0.15) is 44.6 Å². The Morgan fingerprint density at radius 2 is 1.66 bits per heavy atom. The predicted octanol–water partition coefficient (Wildman–Crippen LogP) is 5.56. The zero-order valence-corrected chi connectivity index (χ0v) is 18.6. The third-order valence-corrected chi connectivity index (χ3v) is 5.99. The molecule has 5 rings (SSSR count). The normalized spacial score (nSPS) is 11.7. The second kappa shape index (κ2) is 8.54. The molecule has 0 atom stereocenters. The molecule has 0 spiro atoms. The van der Waals surface area contributed by atoms with Gasteiger partial charge in [-0.05, 0) is 43.2 Å². The zero-order valence-electron chi connectivity index (χ0n) is 18.6. The maximum Gasteiger partial charge on any atom is 0.265 e. The van der Waals surface area contributed by atoms with Gasteiger partial charge < -0.3 is 0 Å². The quantitative estimate of drug-likeness (QED) is 0.320. The van der Waals surface area contributed by atoms with E-state index >= 15 is 0 Å². The van der Waals surface area contributed by atoms with Gasteiger partial charge in [-0.2, -0.15) is 0 Å². The van der Waals surface area contributed by atoms with E-state index < -0.39 is 0 Å². The van der Waals surface area contributed by atoms with Gasteiger partial charge in [0.05, 0.1) is 17.4 Å². The van der Waals surface area contributed by atoms with Gasteiger partial charge in [-0.15, -0.1) is 0 Å². The van der Waals surface area contributed by atoms with Gasteiger partial charge in [-0.1, -0.05) is 56.9 Å². The number of hydrogen-bond acceptors (Lipinski definition) is 4. The second-order valence-corrected chi connectivity index (χ2v) is 8.41. The fraction of sp³-hybridized carbons (Fsp3) is 0.308. The number of aromatic nitrogens is 5. The number of nitrogens with zero attached hydrogens (tertiary/aromatic N) is 5. The Labute approximate surface area is 186 Å². The Morgan fingerprint density at radius 3 is 2.44 bits per heavy atom. The molecule has 5 aromatic rings. The van der Waals surface area contributed by atoms with E-state index in [-0.39, 0.29) is 5.56 Å². The van der Waals surface area contributed by atoms with Crippen LogP contribution in [0.25, 0.3) is 38.9 Å². The van der Waals surface area contributed by atoms with E-state index in [0.29, 0.717) is 28.7 Å². The smallest absolute Gasteiger partial charge is 0.265 e. The summed E-state index contributed by atoms with van der Waals surface area (Å²) >= 11 is 0. The van der Waals surface area contributed by atoms with E-state index in [1.807, 2.05) is 41.0 Å². The molecule has 3 heterocycles. The molecule has 0 amide bonds. The van der Waals surface area contributed by atoms with E-state index in [4.69, 9.17) is 15.0 Å². The minimum Gasteiger partial charge on any atom is -0.299 e. The number of fused-ring (bicyclic) bond motifs is 4. The van der Waals surface area contributed by atoms with Gasteiger partial charge in [0.1, 0.15) is 10.9 Å². The Hall–Kier alpha value is -3.54. The number of unbranched alkanes of at least 4 members (excludes halogenated alkanes) is 4. The molecule has 6 heteroatoms. The third kappa shape index (κ3) is 3.55. The van der Waals surface area contributed by atoms with Crippen molar-refractivity contribution in [2.24, 2.45) is 0 Å². The van der Waals surface area contributed by atoms with E-state index in [9.17, 15) is 4.79 Å². The standard InChI is InChI=1S/C26H27N5O/c1-3-4-5-6-9-15-30-17-27-24-22(26(30)32)23-25(29-21-14-8-7-13-20(21)28-23)31(24)19-12-10-11-18(2)16-19/h7-8,10-14,16-17H,3-6,9,15H2,1-2H3. The Morgan fingerprint density at radius 1 is 0.875 bits per heavy atom. The number of benzene rings is 2. The molecule has 162 valence electrons. The third-order valence-electron chi connectivity index (χ3n) is 5.99.